The fourth-order valence-electron chi connectivity index (χ4n) is 3.86. The molecule has 0 atom stereocenters. The maximum Gasteiger partial charge on any atom is 0.226 e. The molecule has 0 bridgehead atoms. The van der Waals surface area contributed by atoms with Crippen molar-refractivity contribution >= 4 is 11.9 Å². The molecule has 7 heteroatoms. The lowest BCUT2D eigenvalue weighted by atomic mass is 9.89. The monoisotopic (exact) mass is 402 g/mol. The lowest BCUT2D eigenvalue weighted by Gasteiger charge is -2.33. The van der Waals surface area contributed by atoms with E-state index in [9.17, 15) is 4.79 Å². The highest BCUT2D eigenvalue weighted by Crippen LogP contribution is 2.34. The predicted octanol–water partition coefficient (Wildman–Crippen LogP) is 2.95. The number of rotatable bonds is 5. The van der Waals surface area contributed by atoms with Crippen molar-refractivity contribution < 1.29 is 4.79 Å². The number of hydrogen-bond acceptors (Lipinski definition) is 6. The standard InChI is InChI=1S/C23H26N6O/c1-28(2)23-26-15-20(19-13-24-16-25-14-19)22(27-23)18-8-10-29(11-9-18)21(30)12-17-6-4-3-5-7-17/h3-7,13-16,18H,8-12H2,1-2H3. The average Bonchev–Trinajstić information content (AvgIpc) is 2.80. The smallest absolute Gasteiger partial charge is 0.226 e. The average molecular weight is 403 g/mol. The highest BCUT2D eigenvalue weighted by atomic mass is 16.2. The Kier molecular flexibility index (Phi) is 5.97. The van der Waals surface area contributed by atoms with Gasteiger partial charge in [0.1, 0.15) is 6.33 Å². The number of amides is 1. The molecule has 30 heavy (non-hydrogen) atoms. The van der Waals surface area contributed by atoms with Crippen LogP contribution in [0.4, 0.5) is 5.95 Å². The maximum absolute atomic E-state index is 12.7. The Labute approximate surface area is 176 Å². The highest BCUT2D eigenvalue weighted by Gasteiger charge is 2.27. The molecule has 1 fully saturated rings. The Morgan fingerprint density at radius 3 is 2.43 bits per heavy atom. The van der Waals surface area contributed by atoms with Gasteiger partial charge in [-0.3, -0.25) is 4.79 Å². The summed E-state index contributed by atoms with van der Waals surface area (Å²) in [5.74, 6) is 1.14. The third-order valence-corrected chi connectivity index (χ3v) is 5.51. The molecule has 3 heterocycles. The van der Waals surface area contributed by atoms with Gasteiger partial charge in [-0.2, -0.15) is 0 Å². The van der Waals surface area contributed by atoms with E-state index in [1.54, 1.807) is 12.4 Å². The van der Waals surface area contributed by atoms with Crippen molar-refractivity contribution in [2.45, 2.75) is 25.2 Å². The second kappa shape index (κ2) is 8.98. The van der Waals surface area contributed by atoms with E-state index in [-0.39, 0.29) is 11.8 Å². The predicted molar refractivity (Wildman–Crippen MR) is 116 cm³/mol. The molecule has 3 aromatic rings. The van der Waals surface area contributed by atoms with E-state index in [0.29, 0.717) is 12.4 Å². The van der Waals surface area contributed by atoms with Crippen LogP contribution in [0.15, 0.2) is 55.2 Å². The molecule has 1 aliphatic heterocycles. The quantitative estimate of drug-likeness (QED) is 0.653. The molecule has 1 aliphatic rings. The van der Waals surface area contributed by atoms with Gasteiger partial charge >= 0.3 is 0 Å². The Bertz CT molecular complexity index is 985. The van der Waals surface area contributed by atoms with Gasteiger partial charge in [0.25, 0.3) is 0 Å². The summed E-state index contributed by atoms with van der Waals surface area (Å²) in [6, 6.07) is 9.92. The van der Waals surface area contributed by atoms with Gasteiger partial charge < -0.3 is 9.80 Å². The zero-order valence-corrected chi connectivity index (χ0v) is 17.4. The summed E-state index contributed by atoms with van der Waals surface area (Å²) < 4.78 is 0. The number of benzene rings is 1. The number of piperidine rings is 1. The number of likely N-dealkylation sites (tertiary alicyclic amines) is 1. The molecular weight excluding hydrogens is 376 g/mol. The van der Waals surface area contributed by atoms with Gasteiger partial charge in [0.2, 0.25) is 11.9 Å². The summed E-state index contributed by atoms with van der Waals surface area (Å²) in [5.41, 5.74) is 3.96. The van der Waals surface area contributed by atoms with E-state index in [4.69, 9.17) is 4.98 Å². The van der Waals surface area contributed by atoms with Crippen LogP contribution in [0.2, 0.25) is 0 Å². The summed E-state index contributed by atoms with van der Waals surface area (Å²) in [5, 5.41) is 0. The van der Waals surface area contributed by atoms with Crippen LogP contribution in [0.5, 0.6) is 0 Å². The molecule has 2 aromatic heterocycles. The summed E-state index contributed by atoms with van der Waals surface area (Å²) in [6.45, 7) is 1.48. The number of nitrogens with zero attached hydrogens (tertiary/aromatic N) is 6. The van der Waals surface area contributed by atoms with Crippen molar-refractivity contribution in [2.24, 2.45) is 0 Å². The zero-order valence-electron chi connectivity index (χ0n) is 17.4. The molecule has 1 saturated heterocycles. The van der Waals surface area contributed by atoms with Crippen molar-refractivity contribution in [3.63, 3.8) is 0 Å². The van der Waals surface area contributed by atoms with E-state index >= 15 is 0 Å². The fraction of sp³-hybridized carbons (Fsp3) is 0.348. The first-order valence-corrected chi connectivity index (χ1v) is 10.2. The van der Waals surface area contributed by atoms with Gasteiger partial charge in [-0.1, -0.05) is 30.3 Å². The molecule has 154 valence electrons. The SMILES string of the molecule is CN(C)c1ncc(-c2cncnc2)c(C2CCN(C(=O)Cc3ccccc3)CC2)n1. The Morgan fingerprint density at radius 1 is 1.07 bits per heavy atom. The third kappa shape index (κ3) is 4.45. The molecule has 0 aliphatic carbocycles. The molecule has 1 amide bonds. The van der Waals surface area contributed by atoms with Crippen LogP contribution in [-0.4, -0.2) is 57.9 Å². The summed E-state index contributed by atoms with van der Waals surface area (Å²) in [6.07, 6.45) is 9.19. The second-order valence-corrected chi connectivity index (χ2v) is 7.81. The van der Waals surface area contributed by atoms with E-state index in [0.717, 1.165) is 48.3 Å². The van der Waals surface area contributed by atoms with Crippen LogP contribution in [0, 0.1) is 0 Å². The summed E-state index contributed by atoms with van der Waals surface area (Å²) >= 11 is 0. The normalized spacial score (nSPS) is 14.5. The number of anilines is 1. The largest absolute Gasteiger partial charge is 0.347 e. The van der Waals surface area contributed by atoms with Crippen molar-refractivity contribution in [3.05, 3.63) is 66.5 Å². The molecule has 7 nitrogen and oxygen atoms in total. The number of carbonyl (C=O) groups is 1. The van der Waals surface area contributed by atoms with Crippen molar-refractivity contribution in [1.82, 2.24) is 24.8 Å². The number of hydrogen-bond donors (Lipinski definition) is 0. The zero-order chi connectivity index (χ0) is 20.9. The fourth-order valence-corrected chi connectivity index (χ4v) is 3.86. The molecule has 1 aromatic carbocycles. The van der Waals surface area contributed by atoms with E-state index in [1.165, 1.54) is 6.33 Å². The van der Waals surface area contributed by atoms with Crippen LogP contribution in [0.3, 0.4) is 0 Å². The van der Waals surface area contributed by atoms with Gasteiger partial charge in [0.15, 0.2) is 0 Å². The molecule has 0 spiro atoms. The van der Waals surface area contributed by atoms with Gasteiger partial charge in [-0.05, 0) is 18.4 Å². The van der Waals surface area contributed by atoms with Gasteiger partial charge in [0.05, 0.1) is 12.1 Å². The first-order valence-electron chi connectivity index (χ1n) is 10.2. The maximum atomic E-state index is 12.7. The second-order valence-electron chi connectivity index (χ2n) is 7.81. The van der Waals surface area contributed by atoms with Crippen molar-refractivity contribution in [3.8, 4) is 11.1 Å². The van der Waals surface area contributed by atoms with Crippen molar-refractivity contribution in [1.29, 1.82) is 0 Å². The molecule has 0 N–H and O–H groups in total. The minimum Gasteiger partial charge on any atom is -0.347 e. The van der Waals surface area contributed by atoms with Crippen LogP contribution in [0.25, 0.3) is 11.1 Å². The number of carbonyl (C=O) groups excluding carboxylic acids is 1. The molecular formula is C23H26N6O. The van der Waals surface area contributed by atoms with Crippen LogP contribution in [-0.2, 0) is 11.2 Å². The van der Waals surface area contributed by atoms with Gasteiger partial charge in [0, 0.05) is 62.8 Å². The summed E-state index contributed by atoms with van der Waals surface area (Å²) in [7, 11) is 3.88. The van der Waals surface area contributed by atoms with E-state index < -0.39 is 0 Å². The first kappa shape index (κ1) is 19.9. The topological polar surface area (TPSA) is 75.1 Å². The van der Waals surface area contributed by atoms with Gasteiger partial charge in [-0.25, -0.2) is 19.9 Å². The summed E-state index contributed by atoms with van der Waals surface area (Å²) in [4.78, 5) is 34.3. The van der Waals surface area contributed by atoms with Crippen molar-refractivity contribution in [2.75, 3.05) is 32.1 Å². The van der Waals surface area contributed by atoms with Gasteiger partial charge in [-0.15, -0.1) is 0 Å². The number of aromatic nitrogens is 4. The molecule has 0 unspecified atom stereocenters. The molecule has 0 radical (unpaired) electrons. The third-order valence-electron chi connectivity index (χ3n) is 5.51. The van der Waals surface area contributed by atoms with E-state index in [1.807, 2.05) is 60.4 Å². The first-order chi connectivity index (χ1) is 14.6. The highest BCUT2D eigenvalue weighted by molar-refractivity contribution is 5.79. The minimum absolute atomic E-state index is 0.188. The Morgan fingerprint density at radius 2 is 1.77 bits per heavy atom. The molecule has 4 rings (SSSR count). The van der Waals surface area contributed by atoms with Crippen LogP contribution < -0.4 is 4.90 Å². The lowest BCUT2D eigenvalue weighted by molar-refractivity contribution is -0.131. The Hall–Kier alpha value is -3.35. The van der Waals surface area contributed by atoms with Crippen LogP contribution >= 0.6 is 0 Å². The minimum atomic E-state index is 0.188. The lowest BCUT2D eigenvalue weighted by Crippen LogP contribution is -2.39. The Balaban J connectivity index is 1.51. The molecule has 0 saturated carbocycles. The van der Waals surface area contributed by atoms with E-state index in [2.05, 4.69) is 15.0 Å². The van der Waals surface area contributed by atoms with Crippen LogP contribution in [0.1, 0.15) is 30.0 Å².